The van der Waals surface area contributed by atoms with Crippen molar-refractivity contribution in [3.8, 4) is 5.75 Å². The Kier molecular flexibility index (Phi) is 7.12. The number of rotatable bonds is 6. The van der Waals surface area contributed by atoms with Crippen LogP contribution in [0.3, 0.4) is 0 Å². The maximum atomic E-state index is 11.8. The van der Waals surface area contributed by atoms with Crippen LogP contribution in [0.2, 0.25) is 0 Å². The summed E-state index contributed by atoms with van der Waals surface area (Å²) in [6.45, 7) is 6.61. The Morgan fingerprint density at radius 1 is 1.16 bits per heavy atom. The molecule has 1 aromatic rings. The van der Waals surface area contributed by atoms with Crippen molar-refractivity contribution in [2.45, 2.75) is 70.6 Å². The van der Waals surface area contributed by atoms with Crippen LogP contribution >= 0.6 is 0 Å². The molecule has 140 valence electrons. The van der Waals surface area contributed by atoms with E-state index in [1.54, 1.807) is 7.11 Å². The lowest BCUT2D eigenvalue weighted by Gasteiger charge is -2.30. The van der Waals surface area contributed by atoms with Crippen molar-refractivity contribution in [2.75, 3.05) is 13.7 Å². The van der Waals surface area contributed by atoms with Crippen molar-refractivity contribution in [1.29, 1.82) is 0 Å². The van der Waals surface area contributed by atoms with Gasteiger partial charge in [0, 0.05) is 12.1 Å². The lowest BCUT2D eigenvalue weighted by atomic mass is 9.91. The molecular weight excluding hydrogens is 316 g/mol. The molecule has 0 radical (unpaired) electrons. The summed E-state index contributed by atoms with van der Waals surface area (Å²) < 4.78 is 10.6. The van der Waals surface area contributed by atoms with E-state index in [0.717, 1.165) is 44.4 Å². The van der Waals surface area contributed by atoms with Crippen molar-refractivity contribution in [2.24, 2.45) is 0 Å². The molecule has 2 rings (SSSR count). The highest BCUT2D eigenvalue weighted by Crippen LogP contribution is 2.19. The first-order valence-corrected chi connectivity index (χ1v) is 9.21. The van der Waals surface area contributed by atoms with E-state index in [4.69, 9.17) is 9.47 Å². The Balaban J connectivity index is 1.64. The topological polar surface area (TPSA) is 59.6 Å². The van der Waals surface area contributed by atoms with E-state index >= 15 is 0 Å². The van der Waals surface area contributed by atoms with Gasteiger partial charge in [-0.1, -0.05) is 12.1 Å². The molecule has 5 nitrogen and oxygen atoms in total. The Hall–Kier alpha value is -1.75. The van der Waals surface area contributed by atoms with Crippen molar-refractivity contribution in [3.05, 3.63) is 29.8 Å². The predicted molar refractivity (Wildman–Crippen MR) is 100 cm³/mol. The minimum atomic E-state index is -0.442. The molecule has 0 unspecified atom stereocenters. The molecule has 2 N–H and O–H groups in total. The summed E-state index contributed by atoms with van der Waals surface area (Å²) in [6, 6.07) is 8.97. The lowest BCUT2D eigenvalue weighted by molar-refractivity contribution is 0.0490. The molecule has 1 saturated carbocycles. The average molecular weight is 348 g/mol. The van der Waals surface area contributed by atoms with Crippen LogP contribution in [0.5, 0.6) is 5.75 Å². The molecule has 5 heteroatoms. The largest absolute Gasteiger partial charge is 0.497 e. The van der Waals surface area contributed by atoms with E-state index < -0.39 is 5.60 Å². The van der Waals surface area contributed by atoms with E-state index in [2.05, 4.69) is 22.8 Å². The first-order valence-electron chi connectivity index (χ1n) is 9.21. The minimum absolute atomic E-state index is 0.228. The van der Waals surface area contributed by atoms with Gasteiger partial charge < -0.3 is 20.1 Å². The van der Waals surface area contributed by atoms with E-state index in [-0.39, 0.29) is 12.1 Å². The third-order valence-electron chi connectivity index (χ3n) is 4.43. The standard InChI is InChI=1S/C20H32N2O3/c1-20(2,3)25-19(23)22-17-10-8-16(9-11-17)21-13-12-15-6-5-7-18(14-15)24-4/h5-7,14,16-17,21H,8-13H2,1-4H3,(H,22,23). The van der Waals surface area contributed by atoms with Gasteiger partial charge in [-0.15, -0.1) is 0 Å². The molecule has 1 aromatic carbocycles. The highest BCUT2D eigenvalue weighted by Gasteiger charge is 2.24. The number of ether oxygens (including phenoxy) is 2. The highest BCUT2D eigenvalue weighted by atomic mass is 16.6. The molecule has 0 heterocycles. The van der Waals surface area contributed by atoms with Crippen LogP contribution in [-0.2, 0) is 11.2 Å². The zero-order chi connectivity index (χ0) is 18.3. The summed E-state index contributed by atoms with van der Waals surface area (Å²) in [5.41, 5.74) is 0.843. The maximum absolute atomic E-state index is 11.8. The number of hydrogen-bond acceptors (Lipinski definition) is 4. The fraction of sp³-hybridized carbons (Fsp3) is 0.650. The van der Waals surface area contributed by atoms with Gasteiger partial charge in [-0.25, -0.2) is 4.79 Å². The average Bonchev–Trinajstić information content (AvgIpc) is 2.55. The molecule has 0 bridgehead atoms. The molecule has 25 heavy (non-hydrogen) atoms. The lowest BCUT2D eigenvalue weighted by Crippen LogP contribution is -2.44. The highest BCUT2D eigenvalue weighted by molar-refractivity contribution is 5.68. The second-order valence-electron chi connectivity index (χ2n) is 7.75. The van der Waals surface area contributed by atoms with Gasteiger partial charge in [0.25, 0.3) is 0 Å². The summed E-state index contributed by atoms with van der Waals surface area (Å²) in [4.78, 5) is 11.8. The summed E-state index contributed by atoms with van der Waals surface area (Å²) >= 11 is 0. The Bertz CT molecular complexity index is 546. The van der Waals surface area contributed by atoms with Crippen LogP contribution in [0.1, 0.15) is 52.0 Å². The first kappa shape index (κ1) is 19.6. The van der Waals surface area contributed by atoms with Crippen molar-refractivity contribution in [1.82, 2.24) is 10.6 Å². The van der Waals surface area contributed by atoms with Crippen LogP contribution in [0.25, 0.3) is 0 Å². The van der Waals surface area contributed by atoms with Gasteiger partial charge in [0.2, 0.25) is 0 Å². The van der Waals surface area contributed by atoms with Gasteiger partial charge >= 0.3 is 6.09 Å². The molecule has 1 aliphatic carbocycles. The van der Waals surface area contributed by atoms with E-state index in [9.17, 15) is 4.79 Å². The predicted octanol–water partition coefficient (Wildman–Crippen LogP) is 3.66. The van der Waals surface area contributed by atoms with Crippen LogP contribution in [0.15, 0.2) is 24.3 Å². The Morgan fingerprint density at radius 3 is 2.48 bits per heavy atom. The van der Waals surface area contributed by atoms with Crippen LogP contribution in [0.4, 0.5) is 4.79 Å². The van der Waals surface area contributed by atoms with Gasteiger partial charge in [0.15, 0.2) is 0 Å². The number of benzene rings is 1. The molecule has 1 amide bonds. The summed E-state index contributed by atoms with van der Waals surface area (Å²) in [5, 5.41) is 6.62. The molecular formula is C20H32N2O3. The van der Waals surface area contributed by atoms with Crippen molar-refractivity contribution < 1.29 is 14.3 Å². The Morgan fingerprint density at radius 2 is 1.84 bits per heavy atom. The SMILES string of the molecule is COc1cccc(CCNC2CCC(NC(=O)OC(C)(C)C)CC2)c1. The summed E-state index contributed by atoms with van der Waals surface area (Å²) in [7, 11) is 1.70. The second kappa shape index (κ2) is 9.09. The van der Waals surface area contributed by atoms with E-state index in [0.29, 0.717) is 6.04 Å². The molecule has 1 aliphatic rings. The number of nitrogens with one attached hydrogen (secondary N) is 2. The zero-order valence-electron chi connectivity index (χ0n) is 15.9. The second-order valence-corrected chi connectivity index (χ2v) is 7.75. The number of carbonyl (C=O) groups excluding carboxylic acids is 1. The van der Waals surface area contributed by atoms with Crippen LogP contribution < -0.4 is 15.4 Å². The first-order chi connectivity index (χ1) is 11.9. The smallest absolute Gasteiger partial charge is 0.407 e. The van der Waals surface area contributed by atoms with Gasteiger partial charge in [-0.3, -0.25) is 0 Å². The monoisotopic (exact) mass is 348 g/mol. The third kappa shape index (κ3) is 7.34. The van der Waals surface area contributed by atoms with Gasteiger partial charge in [-0.2, -0.15) is 0 Å². The number of amides is 1. The fourth-order valence-electron chi connectivity index (χ4n) is 3.16. The van der Waals surface area contributed by atoms with Gasteiger partial charge in [0.1, 0.15) is 11.4 Å². The van der Waals surface area contributed by atoms with Crippen molar-refractivity contribution >= 4 is 6.09 Å². The fourth-order valence-corrected chi connectivity index (χ4v) is 3.16. The molecule has 0 atom stereocenters. The van der Waals surface area contributed by atoms with Gasteiger partial charge in [-0.05, 0) is 77.1 Å². The van der Waals surface area contributed by atoms with Crippen molar-refractivity contribution in [3.63, 3.8) is 0 Å². The molecule has 0 spiro atoms. The summed E-state index contributed by atoms with van der Waals surface area (Å²) in [6.07, 6.45) is 4.85. The molecule has 0 aromatic heterocycles. The third-order valence-corrected chi connectivity index (χ3v) is 4.43. The van der Waals surface area contributed by atoms with Crippen LogP contribution in [-0.4, -0.2) is 37.4 Å². The number of alkyl carbamates (subject to hydrolysis) is 1. The zero-order valence-corrected chi connectivity index (χ0v) is 15.9. The summed E-state index contributed by atoms with van der Waals surface area (Å²) in [5.74, 6) is 0.909. The Labute approximate surface area is 151 Å². The quantitative estimate of drug-likeness (QED) is 0.824. The number of hydrogen-bond donors (Lipinski definition) is 2. The van der Waals surface area contributed by atoms with E-state index in [1.165, 1.54) is 5.56 Å². The number of methoxy groups -OCH3 is 1. The van der Waals surface area contributed by atoms with Crippen LogP contribution in [0, 0.1) is 0 Å². The van der Waals surface area contributed by atoms with Gasteiger partial charge in [0.05, 0.1) is 7.11 Å². The maximum Gasteiger partial charge on any atom is 0.407 e. The molecule has 1 fully saturated rings. The number of carbonyl (C=O) groups is 1. The normalized spacial score (nSPS) is 20.8. The minimum Gasteiger partial charge on any atom is -0.497 e. The molecule has 0 saturated heterocycles. The molecule has 0 aliphatic heterocycles. The van der Waals surface area contributed by atoms with E-state index in [1.807, 2.05) is 32.9 Å².